The third-order valence-electron chi connectivity index (χ3n) is 3.67. The van der Waals surface area contributed by atoms with Crippen molar-refractivity contribution < 1.29 is 4.39 Å². The normalized spacial score (nSPS) is 10.8. The first-order chi connectivity index (χ1) is 11.3. The number of nitriles is 1. The van der Waals surface area contributed by atoms with E-state index in [9.17, 15) is 9.65 Å². The molecular formula is C18H10FN3S. The maximum Gasteiger partial charge on any atom is 0.123 e. The van der Waals surface area contributed by atoms with E-state index in [2.05, 4.69) is 11.2 Å². The Balaban J connectivity index is 1.97. The van der Waals surface area contributed by atoms with Crippen LogP contribution in [0.2, 0.25) is 0 Å². The molecule has 0 fully saturated rings. The summed E-state index contributed by atoms with van der Waals surface area (Å²) in [5.41, 5.74) is 3.95. The van der Waals surface area contributed by atoms with E-state index in [4.69, 9.17) is 0 Å². The first-order valence-electron chi connectivity index (χ1n) is 6.98. The van der Waals surface area contributed by atoms with Crippen LogP contribution < -0.4 is 0 Å². The maximum atomic E-state index is 13.1. The third-order valence-corrected chi connectivity index (χ3v) is 4.56. The first kappa shape index (κ1) is 13.7. The van der Waals surface area contributed by atoms with Crippen LogP contribution in [0, 0.1) is 17.1 Å². The molecule has 0 radical (unpaired) electrons. The number of fused-ring (bicyclic) bond motifs is 1. The zero-order chi connectivity index (χ0) is 15.8. The number of halogens is 1. The summed E-state index contributed by atoms with van der Waals surface area (Å²) in [5, 5.41) is 15.9. The lowest BCUT2D eigenvalue weighted by Gasteiger charge is -2.03. The van der Waals surface area contributed by atoms with Gasteiger partial charge in [0.05, 0.1) is 22.8 Å². The zero-order valence-corrected chi connectivity index (χ0v) is 12.7. The highest BCUT2D eigenvalue weighted by Gasteiger charge is 2.14. The van der Waals surface area contributed by atoms with E-state index in [1.807, 2.05) is 23.6 Å². The SMILES string of the molecule is N#Cc1ccn2nc(-c3ccc(F)cc3)cc2c1-c1cccs1. The second-order valence-electron chi connectivity index (χ2n) is 5.06. The van der Waals surface area contributed by atoms with Gasteiger partial charge in [-0.1, -0.05) is 6.07 Å². The Hall–Kier alpha value is -2.97. The molecule has 0 aliphatic heterocycles. The Labute approximate surface area is 135 Å². The van der Waals surface area contributed by atoms with Gasteiger partial charge in [-0.15, -0.1) is 11.3 Å². The second kappa shape index (κ2) is 5.34. The molecule has 0 saturated heterocycles. The molecule has 0 bridgehead atoms. The average Bonchev–Trinajstić information content (AvgIpc) is 3.24. The fraction of sp³-hybridized carbons (Fsp3) is 0. The van der Waals surface area contributed by atoms with E-state index in [-0.39, 0.29) is 5.82 Å². The summed E-state index contributed by atoms with van der Waals surface area (Å²) < 4.78 is 14.9. The Morgan fingerprint density at radius 3 is 2.65 bits per heavy atom. The lowest BCUT2D eigenvalue weighted by molar-refractivity contribution is 0.628. The summed E-state index contributed by atoms with van der Waals surface area (Å²) in [6.45, 7) is 0. The van der Waals surface area contributed by atoms with Gasteiger partial charge in [0.15, 0.2) is 0 Å². The van der Waals surface area contributed by atoms with Gasteiger partial charge in [-0.2, -0.15) is 10.4 Å². The van der Waals surface area contributed by atoms with Gasteiger partial charge >= 0.3 is 0 Å². The zero-order valence-electron chi connectivity index (χ0n) is 11.9. The minimum atomic E-state index is -0.274. The Kier molecular flexibility index (Phi) is 3.18. The lowest BCUT2D eigenvalue weighted by atomic mass is 10.1. The van der Waals surface area contributed by atoms with Crippen molar-refractivity contribution in [2.75, 3.05) is 0 Å². The van der Waals surface area contributed by atoms with Crippen LogP contribution in [0.5, 0.6) is 0 Å². The van der Waals surface area contributed by atoms with E-state index < -0.39 is 0 Å². The standard InChI is InChI=1S/C18H10FN3S/c19-14-5-3-12(4-6-14)15-10-16-18(17-2-1-9-23-17)13(11-20)7-8-22(16)21-15/h1-10H. The number of nitrogens with zero attached hydrogens (tertiary/aromatic N) is 3. The molecule has 0 N–H and O–H groups in total. The van der Waals surface area contributed by atoms with Gasteiger partial charge in [-0.25, -0.2) is 8.91 Å². The minimum absolute atomic E-state index is 0.274. The number of thiophene rings is 1. The molecule has 23 heavy (non-hydrogen) atoms. The monoisotopic (exact) mass is 319 g/mol. The van der Waals surface area contributed by atoms with Gasteiger partial charge in [-0.3, -0.25) is 0 Å². The molecule has 0 spiro atoms. The summed E-state index contributed by atoms with van der Waals surface area (Å²) in [6, 6.07) is 16.1. The van der Waals surface area contributed by atoms with Crippen LogP contribution in [0.3, 0.4) is 0 Å². The summed E-state index contributed by atoms with van der Waals surface area (Å²) in [4.78, 5) is 1.03. The van der Waals surface area contributed by atoms with Crippen LogP contribution in [0.4, 0.5) is 4.39 Å². The van der Waals surface area contributed by atoms with Gasteiger partial charge in [0, 0.05) is 22.2 Å². The van der Waals surface area contributed by atoms with E-state index in [1.165, 1.54) is 12.1 Å². The van der Waals surface area contributed by atoms with Crippen LogP contribution in [-0.4, -0.2) is 9.61 Å². The summed E-state index contributed by atoms with van der Waals surface area (Å²) in [7, 11) is 0. The quantitative estimate of drug-likeness (QED) is 0.535. The van der Waals surface area contributed by atoms with E-state index in [1.54, 1.807) is 40.2 Å². The fourth-order valence-electron chi connectivity index (χ4n) is 2.60. The Morgan fingerprint density at radius 2 is 1.96 bits per heavy atom. The van der Waals surface area contributed by atoms with Crippen LogP contribution in [0.1, 0.15) is 5.56 Å². The molecular weight excluding hydrogens is 309 g/mol. The van der Waals surface area contributed by atoms with Crippen LogP contribution in [-0.2, 0) is 0 Å². The summed E-state index contributed by atoms with van der Waals surface area (Å²) >= 11 is 1.59. The molecule has 110 valence electrons. The number of hydrogen-bond acceptors (Lipinski definition) is 3. The van der Waals surface area contributed by atoms with Crippen molar-refractivity contribution in [3.05, 3.63) is 71.5 Å². The highest BCUT2D eigenvalue weighted by Crippen LogP contribution is 2.33. The Morgan fingerprint density at radius 1 is 1.13 bits per heavy atom. The Bertz CT molecular complexity index is 1020. The summed E-state index contributed by atoms with van der Waals surface area (Å²) in [6.07, 6.45) is 1.78. The van der Waals surface area contributed by atoms with Gasteiger partial charge in [0.25, 0.3) is 0 Å². The highest BCUT2D eigenvalue weighted by atomic mass is 32.1. The number of rotatable bonds is 2. The van der Waals surface area contributed by atoms with Crippen molar-refractivity contribution in [3.8, 4) is 27.8 Å². The van der Waals surface area contributed by atoms with Gasteiger partial charge < -0.3 is 0 Å². The van der Waals surface area contributed by atoms with Crippen molar-refractivity contribution in [2.24, 2.45) is 0 Å². The van der Waals surface area contributed by atoms with Crippen molar-refractivity contribution in [1.82, 2.24) is 9.61 Å². The molecule has 1 aromatic carbocycles. The fourth-order valence-corrected chi connectivity index (χ4v) is 3.39. The molecule has 5 heteroatoms. The van der Waals surface area contributed by atoms with Crippen molar-refractivity contribution in [2.45, 2.75) is 0 Å². The molecule has 3 aromatic heterocycles. The smallest absolute Gasteiger partial charge is 0.123 e. The average molecular weight is 319 g/mol. The van der Waals surface area contributed by atoms with E-state index >= 15 is 0 Å². The molecule has 0 aliphatic rings. The van der Waals surface area contributed by atoms with Crippen molar-refractivity contribution in [3.63, 3.8) is 0 Å². The molecule has 4 aromatic rings. The van der Waals surface area contributed by atoms with E-state index in [0.717, 1.165) is 27.2 Å². The maximum absolute atomic E-state index is 13.1. The number of aromatic nitrogens is 2. The number of benzene rings is 1. The van der Waals surface area contributed by atoms with Crippen molar-refractivity contribution >= 4 is 16.9 Å². The van der Waals surface area contributed by atoms with Crippen LogP contribution >= 0.6 is 11.3 Å². The predicted molar refractivity (Wildman–Crippen MR) is 88.6 cm³/mol. The largest absolute Gasteiger partial charge is 0.240 e. The molecule has 0 atom stereocenters. The van der Waals surface area contributed by atoms with Gasteiger partial charge in [0.2, 0.25) is 0 Å². The lowest BCUT2D eigenvalue weighted by Crippen LogP contribution is -1.92. The number of pyridine rings is 1. The summed E-state index contributed by atoms with van der Waals surface area (Å²) in [5.74, 6) is -0.274. The van der Waals surface area contributed by atoms with Crippen LogP contribution in [0.15, 0.2) is 60.1 Å². The molecule has 4 rings (SSSR count). The molecule has 0 aliphatic carbocycles. The van der Waals surface area contributed by atoms with Gasteiger partial charge in [-0.05, 0) is 47.8 Å². The number of hydrogen-bond donors (Lipinski definition) is 0. The topological polar surface area (TPSA) is 41.1 Å². The first-order valence-corrected chi connectivity index (χ1v) is 7.86. The van der Waals surface area contributed by atoms with Crippen molar-refractivity contribution in [1.29, 1.82) is 5.26 Å². The minimum Gasteiger partial charge on any atom is -0.240 e. The molecule has 3 nitrogen and oxygen atoms in total. The highest BCUT2D eigenvalue weighted by molar-refractivity contribution is 7.13. The molecule has 3 heterocycles. The van der Waals surface area contributed by atoms with E-state index in [0.29, 0.717) is 5.56 Å². The molecule has 0 unspecified atom stereocenters. The van der Waals surface area contributed by atoms with Gasteiger partial charge in [0.1, 0.15) is 5.82 Å². The van der Waals surface area contributed by atoms with Crippen LogP contribution in [0.25, 0.3) is 27.2 Å². The molecule has 0 amide bonds. The predicted octanol–water partition coefficient (Wildman–Crippen LogP) is 4.74. The second-order valence-corrected chi connectivity index (χ2v) is 6.01. The molecule has 0 saturated carbocycles. The third kappa shape index (κ3) is 2.30.